The maximum Gasteiger partial charge on any atom is 0.244 e. The molecule has 0 fully saturated rings. The van der Waals surface area contributed by atoms with Crippen LogP contribution in [-0.2, 0) is 26.2 Å². The molecule has 0 heterocycles. The number of sulfonamides is 1. The minimum absolute atomic E-state index is 0.137. The van der Waals surface area contributed by atoms with Crippen LogP contribution < -0.4 is 14.4 Å². The van der Waals surface area contributed by atoms with Crippen molar-refractivity contribution >= 4 is 27.5 Å². The largest absolute Gasteiger partial charge is 0.497 e. The van der Waals surface area contributed by atoms with E-state index in [-0.39, 0.29) is 18.4 Å². The molecule has 198 valence electrons. The Labute approximate surface area is 215 Å². The summed E-state index contributed by atoms with van der Waals surface area (Å²) in [7, 11) is -2.21. The number of methoxy groups -OCH3 is 1. The summed E-state index contributed by atoms with van der Waals surface area (Å²) in [5, 5.41) is 2.87. The molecule has 1 atom stereocenters. The molecule has 36 heavy (non-hydrogen) atoms. The van der Waals surface area contributed by atoms with Crippen LogP contribution in [0.2, 0.25) is 0 Å². The van der Waals surface area contributed by atoms with Crippen LogP contribution in [0.5, 0.6) is 5.75 Å². The number of anilines is 1. The van der Waals surface area contributed by atoms with Crippen LogP contribution in [0.3, 0.4) is 0 Å². The molecule has 0 saturated carbocycles. The van der Waals surface area contributed by atoms with Crippen LogP contribution in [0.25, 0.3) is 0 Å². The molecule has 0 aliphatic carbocycles. The van der Waals surface area contributed by atoms with Crippen LogP contribution >= 0.6 is 0 Å². The Bertz CT molecular complexity index is 1120. The fourth-order valence-corrected chi connectivity index (χ4v) is 4.74. The number of carbonyl (C=O) groups excluding carboxylic acids is 2. The lowest BCUT2D eigenvalue weighted by atomic mass is 10.0. The molecule has 1 N–H and O–H groups in total. The number of rotatable bonds is 13. The highest BCUT2D eigenvalue weighted by Gasteiger charge is 2.31. The zero-order valence-corrected chi connectivity index (χ0v) is 23.0. The van der Waals surface area contributed by atoms with Gasteiger partial charge in [0.05, 0.1) is 19.1 Å². The highest BCUT2D eigenvalue weighted by molar-refractivity contribution is 7.92. The quantitative estimate of drug-likeness (QED) is 0.435. The molecule has 0 aliphatic rings. The van der Waals surface area contributed by atoms with Crippen LogP contribution in [0.4, 0.5) is 5.69 Å². The van der Waals surface area contributed by atoms with Gasteiger partial charge in [0.15, 0.2) is 0 Å². The molecule has 0 spiro atoms. The van der Waals surface area contributed by atoms with Gasteiger partial charge in [0.25, 0.3) is 0 Å². The van der Waals surface area contributed by atoms with Gasteiger partial charge in [0.1, 0.15) is 18.3 Å². The molecule has 8 nitrogen and oxygen atoms in total. The fourth-order valence-electron chi connectivity index (χ4n) is 3.89. The third kappa shape index (κ3) is 7.98. The van der Waals surface area contributed by atoms with Crippen molar-refractivity contribution in [2.45, 2.75) is 59.0 Å². The molecular weight excluding hydrogens is 478 g/mol. The SMILES string of the molecule is CCCNC(=O)[C@@H](CC)N(Cc1cccc(OC)c1)C(=O)CN(c1ccc(C(C)C)cc1)S(C)(=O)=O. The number of nitrogens with zero attached hydrogens (tertiary/aromatic N) is 2. The van der Waals surface area contributed by atoms with Gasteiger partial charge in [-0.25, -0.2) is 8.42 Å². The van der Waals surface area contributed by atoms with Gasteiger partial charge >= 0.3 is 0 Å². The molecule has 0 aliphatic heterocycles. The molecule has 2 rings (SSSR count). The maximum atomic E-state index is 13.7. The summed E-state index contributed by atoms with van der Waals surface area (Å²) in [5.74, 6) is 0.196. The van der Waals surface area contributed by atoms with E-state index in [1.54, 1.807) is 31.4 Å². The summed E-state index contributed by atoms with van der Waals surface area (Å²) >= 11 is 0. The molecule has 2 amide bonds. The zero-order chi connectivity index (χ0) is 26.9. The van der Waals surface area contributed by atoms with Gasteiger partial charge in [0.2, 0.25) is 21.8 Å². The second-order valence-electron chi connectivity index (χ2n) is 9.10. The summed E-state index contributed by atoms with van der Waals surface area (Å²) in [5.41, 5.74) is 2.24. The average molecular weight is 518 g/mol. The predicted molar refractivity (Wildman–Crippen MR) is 144 cm³/mol. The smallest absolute Gasteiger partial charge is 0.244 e. The Balaban J connectivity index is 2.43. The normalized spacial score (nSPS) is 12.2. The fraction of sp³-hybridized carbons (Fsp3) is 0.481. The van der Waals surface area contributed by atoms with Gasteiger partial charge in [-0.3, -0.25) is 13.9 Å². The first-order valence-electron chi connectivity index (χ1n) is 12.3. The first-order chi connectivity index (χ1) is 17.0. The number of ether oxygens (including phenoxy) is 1. The predicted octanol–water partition coefficient (Wildman–Crippen LogP) is 3.92. The van der Waals surface area contributed by atoms with E-state index in [1.807, 2.05) is 38.1 Å². The van der Waals surface area contributed by atoms with Gasteiger partial charge in [-0.05, 0) is 54.2 Å². The first kappa shape index (κ1) is 29.2. The van der Waals surface area contributed by atoms with E-state index in [4.69, 9.17) is 4.74 Å². The van der Waals surface area contributed by atoms with Crippen LogP contribution in [0.15, 0.2) is 48.5 Å². The Morgan fingerprint density at radius 2 is 1.72 bits per heavy atom. The van der Waals surface area contributed by atoms with E-state index in [2.05, 4.69) is 19.2 Å². The summed E-state index contributed by atoms with van der Waals surface area (Å²) in [4.78, 5) is 28.1. The molecule has 0 bridgehead atoms. The van der Waals surface area contributed by atoms with Crippen LogP contribution in [0, 0.1) is 0 Å². The molecule has 2 aromatic rings. The van der Waals surface area contributed by atoms with Crippen molar-refractivity contribution in [3.63, 3.8) is 0 Å². The topological polar surface area (TPSA) is 96.0 Å². The number of amides is 2. The molecule has 0 aromatic heterocycles. The van der Waals surface area contributed by atoms with Gasteiger partial charge in [-0.2, -0.15) is 0 Å². The molecule has 0 unspecified atom stereocenters. The van der Waals surface area contributed by atoms with E-state index in [0.717, 1.165) is 28.1 Å². The van der Waals surface area contributed by atoms with E-state index in [1.165, 1.54) is 4.90 Å². The van der Waals surface area contributed by atoms with Crippen molar-refractivity contribution in [2.75, 3.05) is 30.8 Å². The zero-order valence-electron chi connectivity index (χ0n) is 22.2. The highest BCUT2D eigenvalue weighted by Crippen LogP contribution is 2.23. The standard InChI is InChI=1S/C27H39N3O5S/c1-7-16-28-27(32)25(8-2)29(18-21-10-9-11-24(17-21)35-5)26(31)19-30(36(6,33)34)23-14-12-22(13-15-23)20(3)4/h9-15,17,20,25H,7-8,16,18-19H2,1-6H3,(H,28,32)/t25-/m1/s1. The molecule has 2 aromatic carbocycles. The Hall–Kier alpha value is -3.07. The molecular formula is C27H39N3O5S. The lowest BCUT2D eigenvalue weighted by Gasteiger charge is -2.33. The number of benzene rings is 2. The third-order valence-electron chi connectivity index (χ3n) is 5.95. The van der Waals surface area contributed by atoms with Gasteiger partial charge in [-0.15, -0.1) is 0 Å². The summed E-state index contributed by atoms with van der Waals surface area (Å²) in [6, 6.07) is 13.7. The Kier molecular flexibility index (Phi) is 10.8. The minimum Gasteiger partial charge on any atom is -0.497 e. The van der Waals surface area contributed by atoms with Crippen molar-refractivity contribution in [2.24, 2.45) is 0 Å². The van der Waals surface area contributed by atoms with Gasteiger partial charge in [0, 0.05) is 13.1 Å². The van der Waals surface area contributed by atoms with Gasteiger partial charge in [-0.1, -0.05) is 52.0 Å². The molecule has 0 radical (unpaired) electrons. The van der Waals surface area contributed by atoms with Crippen LogP contribution in [0.1, 0.15) is 57.6 Å². The number of carbonyl (C=O) groups is 2. The van der Waals surface area contributed by atoms with Crippen molar-refractivity contribution in [3.05, 3.63) is 59.7 Å². The van der Waals surface area contributed by atoms with Gasteiger partial charge < -0.3 is 15.0 Å². The molecule has 0 saturated heterocycles. The Morgan fingerprint density at radius 3 is 2.25 bits per heavy atom. The number of hydrogen-bond donors (Lipinski definition) is 1. The summed E-state index contributed by atoms with van der Waals surface area (Å²) in [6.07, 6.45) is 2.22. The van der Waals surface area contributed by atoms with Crippen molar-refractivity contribution < 1.29 is 22.7 Å². The summed E-state index contributed by atoms with van der Waals surface area (Å²) < 4.78 is 31.8. The molecule has 9 heteroatoms. The van der Waals surface area contributed by atoms with E-state index in [0.29, 0.717) is 24.4 Å². The second-order valence-corrected chi connectivity index (χ2v) is 11.0. The van der Waals surface area contributed by atoms with Crippen LogP contribution in [-0.4, -0.2) is 57.6 Å². The van der Waals surface area contributed by atoms with Crippen molar-refractivity contribution in [1.82, 2.24) is 10.2 Å². The monoisotopic (exact) mass is 517 g/mol. The average Bonchev–Trinajstić information content (AvgIpc) is 2.85. The maximum absolute atomic E-state index is 13.7. The van der Waals surface area contributed by atoms with E-state index in [9.17, 15) is 18.0 Å². The Morgan fingerprint density at radius 1 is 1.06 bits per heavy atom. The van der Waals surface area contributed by atoms with E-state index < -0.39 is 28.5 Å². The van der Waals surface area contributed by atoms with Crippen molar-refractivity contribution in [1.29, 1.82) is 0 Å². The second kappa shape index (κ2) is 13.3. The summed E-state index contributed by atoms with van der Waals surface area (Å²) in [6.45, 7) is 8.11. The minimum atomic E-state index is -3.76. The third-order valence-corrected chi connectivity index (χ3v) is 7.09. The first-order valence-corrected chi connectivity index (χ1v) is 14.1. The van der Waals surface area contributed by atoms with Crippen molar-refractivity contribution in [3.8, 4) is 5.75 Å². The number of nitrogens with one attached hydrogen (secondary N) is 1. The lowest BCUT2D eigenvalue weighted by molar-refractivity contribution is -0.140. The number of hydrogen-bond acceptors (Lipinski definition) is 5. The van der Waals surface area contributed by atoms with E-state index >= 15 is 0 Å². The lowest BCUT2D eigenvalue weighted by Crippen LogP contribution is -2.52. The highest BCUT2D eigenvalue weighted by atomic mass is 32.2.